The number of alkyl halides is 4. The maximum Gasteiger partial charge on any atom is 0.461 e. The van der Waals surface area contributed by atoms with Crippen LogP contribution in [0, 0.1) is 0 Å². The summed E-state index contributed by atoms with van der Waals surface area (Å²) in [5.41, 5.74) is 3.80. The van der Waals surface area contributed by atoms with Crippen LogP contribution >= 0.6 is 11.6 Å². The lowest BCUT2D eigenvalue weighted by Crippen LogP contribution is -2.33. The molecule has 0 spiro atoms. The lowest BCUT2D eigenvalue weighted by Gasteiger charge is -2.16. The number of anilines is 3. The van der Waals surface area contributed by atoms with Crippen molar-refractivity contribution >= 4 is 35.4 Å². The van der Waals surface area contributed by atoms with E-state index < -0.39 is 18.3 Å². The average Bonchev–Trinajstić information content (AvgIpc) is 2.71. The second kappa shape index (κ2) is 9.35. The summed E-state index contributed by atoms with van der Waals surface area (Å²) in [6.07, 6.45) is -5.86. The van der Waals surface area contributed by atoms with Crippen LogP contribution in [-0.4, -0.2) is 33.7 Å². The van der Waals surface area contributed by atoms with Gasteiger partial charge in [-0.15, -0.1) is 0 Å². The molecular formula is C18H13ClF4N6O. The Labute approximate surface area is 172 Å². The third-order valence-corrected chi connectivity index (χ3v) is 3.69. The van der Waals surface area contributed by atoms with Crippen molar-refractivity contribution in [1.82, 2.24) is 15.0 Å². The van der Waals surface area contributed by atoms with Crippen LogP contribution in [0.2, 0.25) is 5.02 Å². The highest BCUT2D eigenvalue weighted by molar-refractivity contribution is 6.30. The van der Waals surface area contributed by atoms with E-state index in [2.05, 4.69) is 35.5 Å². The highest BCUT2D eigenvalue weighted by Gasteiger charge is 2.43. The molecular weight excluding hydrogens is 428 g/mol. The van der Waals surface area contributed by atoms with Gasteiger partial charge in [-0.05, 0) is 54.1 Å². The van der Waals surface area contributed by atoms with Crippen molar-refractivity contribution in [3.05, 3.63) is 65.4 Å². The fourth-order valence-corrected chi connectivity index (χ4v) is 2.19. The first-order valence-corrected chi connectivity index (χ1v) is 8.65. The van der Waals surface area contributed by atoms with Gasteiger partial charge in [0.25, 0.3) is 0 Å². The molecule has 0 unspecified atom stereocenters. The summed E-state index contributed by atoms with van der Waals surface area (Å²) in [6.45, 7) is 0. The van der Waals surface area contributed by atoms with E-state index in [1.165, 1.54) is 24.7 Å². The van der Waals surface area contributed by atoms with E-state index in [1.54, 1.807) is 24.3 Å². The van der Waals surface area contributed by atoms with Crippen LogP contribution in [0.5, 0.6) is 5.75 Å². The summed E-state index contributed by atoms with van der Waals surface area (Å²) in [6, 6.07) is 11.9. The van der Waals surface area contributed by atoms with Gasteiger partial charge in [0.1, 0.15) is 12.1 Å². The van der Waals surface area contributed by atoms with E-state index in [0.29, 0.717) is 10.6 Å². The van der Waals surface area contributed by atoms with Gasteiger partial charge in [0.15, 0.2) is 0 Å². The summed E-state index contributed by atoms with van der Waals surface area (Å²) in [7, 11) is 0. The first-order valence-electron chi connectivity index (χ1n) is 8.27. The molecule has 2 aromatic carbocycles. The predicted octanol–water partition coefficient (Wildman–Crippen LogP) is 4.95. The number of ether oxygens (including phenoxy) is 1. The van der Waals surface area contributed by atoms with Crippen LogP contribution in [-0.2, 0) is 0 Å². The maximum atomic E-state index is 12.9. The quantitative estimate of drug-likeness (QED) is 0.293. The average molecular weight is 441 g/mol. The molecule has 0 saturated heterocycles. The number of benzene rings is 2. The smallest absolute Gasteiger partial charge is 0.428 e. The Morgan fingerprint density at radius 1 is 1.00 bits per heavy atom. The van der Waals surface area contributed by atoms with E-state index in [-0.39, 0.29) is 11.9 Å². The number of nitrogens with one attached hydrogen (secondary N) is 2. The standard InChI is InChI=1S/C18H13ClF4N6O/c19-12-3-5-13(6-4-12)27-16-24-10-25-17(28-16)29-26-9-11-1-7-14(8-2-11)30-18(22,23)15(20)21/h1-10,15H,(H2,24,25,27,28,29). The van der Waals surface area contributed by atoms with Crippen LogP contribution in [0.1, 0.15) is 5.56 Å². The van der Waals surface area contributed by atoms with Crippen molar-refractivity contribution in [1.29, 1.82) is 0 Å². The molecule has 3 rings (SSSR count). The van der Waals surface area contributed by atoms with Crippen LogP contribution < -0.4 is 15.5 Å². The fraction of sp³-hybridized carbons (Fsp3) is 0.111. The van der Waals surface area contributed by atoms with Gasteiger partial charge in [-0.3, -0.25) is 0 Å². The molecule has 3 aromatic rings. The lowest BCUT2D eigenvalue weighted by atomic mass is 10.2. The minimum absolute atomic E-state index is 0.147. The third-order valence-electron chi connectivity index (χ3n) is 3.44. The van der Waals surface area contributed by atoms with Crippen LogP contribution in [0.25, 0.3) is 0 Å². The third kappa shape index (κ3) is 6.01. The van der Waals surface area contributed by atoms with Crippen molar-refractivity contribution in [2.24, 2.45) is 5.10 Å². The molecule has 12 heteroatoms. The topological polar surface area (TPSA) is 84.3 Å². The molecule has 1 aromatic heterocycles. The fourth-order valence-electron chi connectivity index (χ4n) is 2.06. The number of hydrogen-bond acceptors (Lipinski definition) is 7. The summed E-state index contributed by atoms with van der Waals surface area (Å²) in [4.78, 5) is 12.0. The highest BCUT2D eigenvalue weighted by atomic mass is 35.5. The summed E-state index contributed by atoms with van der Waals surface area (Å²) >= 11 is 5.83. The van der Waals surface area contributed by atoms with Gasteiger partial charge in [-0.1, -0.05) is 11.6 Å². The Hall–Kier alpha value is -3.47. The van der Waals surface area contributed by atoms with E-state index >= 15 is 0 Å². The largest absolute Gasteiger partial charge is 0.461 e. The Morgan fingerprint density at radius 3 is 2.33 bits per heavy atom. The zero-order valence-electron chi connectivity index (χ0n) is 14.9. The van der Waals surface area contributed by atoms with Crippen LogP contribution in [0.15, 0.2) is 60.0 Å². The molecule has 1 heterocycles. The first-order chi connectivity index (χ1) is 14.3. The summed E-state index contributed by atoms with van der Waals surface area (Å²) < 4.78 is 54.0. The first kappa shape index (κ1) is 21.2. The van der Waals surface area contributed by atoms with Crippen LogP contribution in [0.3, 0.4) is 0 Å². The molecule has 0 aliphatic carbocycles. The second-order valence-corrected chi connectivity index (χ2v) is 6.10. The van der Waals surface area contributed by atoms with Gasteiger partial charge >= 0.3 is 12.5 Å². The molecule has 0 radical (unpaired) electrons. The minimum Gasteiger partial charge on any atom is -0.428 e. The molecule has 30 heavy (non-hydrogen) atoms. The van der Waals surface area contributed by atoms with E-state index in [0.717, 1.165) is 17.8 Å². The Morgan fingerprint density at radius 2 is 1.67 bits per heavy atom. The predicted molar refractivity (Wildman–Crippen MR) is 104 cm³/mol. The van der Waals surface area contributed by atoms with Gasteiger partial charge in [-0.2, -0.15) is 32.6 Å². The molecule has 0 aliphatic heterocycles. The normalized spacial score (nSPS) is 11.7. The number of hydrazone groups is 1. The van der Waals surface area contributed by atoms with Crippen LogP contribution in [0.4, 0.5) is 35.1 Å². The molecule has 0 aliphatic rings. The van der Waals surface area contributed by atoms with E-state index in [4.69, 9.17) is 11.6 Å². The SMILES string of the molecule is FC(F)C(F)(F)Oc1ccc(C=NNc2ncnc(Nc3ccc(Cl)cc3)n2)cc1. The highest BCUT2D eigenvalue weighted by Crippen LogP contribution is 2.27. The van der Waals surface area contributed by atoms with Crippen molar-refractivity contribution < 1.29 is 22.3 Å². The van der Waals surface area contributed by atoms with Crippen molar-refractivity contribution in [3.63, 3.8) is 0 Å². The van der Waals surface area contributed by atoms with Gasteiger partial charge in [0.2, 0.25) is 11.9 Å². The maximum absolute atomic E-state index is 12.9. The molecule has 2 N–H and O–H groups in total. The van der Waals surface area contributed by atoms with Crippen molar-refractivity contribution in [2.75, 3.05) is 10.7 Å². The van der Waals surface area contributed by atoms with Gasteiger partial charge < -0.3 is 10.1 Å². The number of hydrogen-bond donors (Lipinski definition) is 2. The van der Waals surface area contributed by atoms with E-state index in [1.807, 2.05) is 0 Å². The molecule has 7 nitrogen and oxygen atoms in total. The summed E-state index contributed by atoms with van der Waals surface area (Å²) in [5.74, 6) is 0.0153. The summed E-state index contributed by atoms with van der Waals surface area (Å²) in [5, 5.41) is 7.49. The van der Waals surface area contributed by atoms with Gasteiger partial charge in [0, 0.05) is 10.7 Å². The Bertz CT molecular complexity index is 1000. The molecule has 0 fully saturated rings. The molecule has 0 amide bonds. The second-order valence-electron chi connectivity index (χ2n) is 5.67. The molecule has 0 atom stereocenters. The zero-order chi connectivity index (χ0) is 21.6. The number of rotatable bonds is 8. The van der Waals surface area contributed by atoms with Crippen molar-refractivity contribution in [3.8, 4) is 5.75 Å². The van der Waals surface area contributed by atoms with Gasteiger partial charge in [0.05, 0.1) is 6.21 Å². The molecule has 0 saturated carbocycles. The monoisotopic (exact) mass is 440 g/mol. The van der Waals surface area contributed by atoms with E-state index in [9.17, 15) is 17.6 Å². The Kier molecular flexibility index (Phi) is 6.62. The lowest BCUT2D eigenvalue weighted by molar-refractivity contribution is -0.253. The number of halogens is 5. The molecule has 0 bridgehead atoms. The minimum atomic E-state index is -4.56. The number of nitrogens with zero attached hydrogens (tertiary/aromatic N) is 4. The number of aromatic nitrogens is 3. The zero-order valence-corrected chi connectivity index (χ0v) is 15.7. The van der Waals surface area contributed by atoms with Crippen molar-refractivity contribution in [2.45, 2.75) is 12.5 Å². The van der Waals surface area contributed by atoms with Gasteiger partial charge in [-0.25, -0.2) is 10.4 Å². The Balaban J connectivity index is 1.58. The molecule has 156 valence electrons.